The van der Waals surface area contributed by atoms with Gasteiger partial charge in [-0.25, -0.2) is 0 Å². The number of unbranched alkanes of at least 4 members (excludes halogenated alkanes) is 16. The topological polar surface area (TPSA) is 151 Å². The first-order valence-corrected chi connectivity index (χ1v) is 25.0. The number of carbonyl (C=O) groups is 4. The van der Waals surface area contributed by atoms with Gasteiger partial charge in [-0.1, -0.05) is 163 Å². The van der Waals surface area contributed by atoms with E-state index in [0.717, 1.165) is 75.3 Å². The Morgan fingerprint density at radius 3 is 0.954 bits per heavy atom. The summed E-state index contributed by atoms with van der Waals surface area (Å²) in [5, 5.41) is 21.4. The molecular weight excluding hydrogens is 946 g/mol. The maximum absolute atomic E-state index is 10.9. The van der Waals surface area contributed by atoms with Crippen molar-refractivity contribution in [2.75, 3.05) is 0 Å². The molecule has 11 heteroatoms. The van der Waals surface area contributed by atoms with Gasteiger partial charge < -0.3 is 38.7 Å². The zero-order valence-electron chi connectivity index (χ0n) is 41.1. The summed E-state index contributed by atoms with van der Waals surface area (Å²) in [7, 11) is 0. The Kier molecular flexibility index (Phi) is 42.8. The Hall–Kier alpha value is -2.19. The molecule has 364 valence electrons. The molecule has 65 heavy (non-hydrogen) atoms. The molecule has 0 aromatic heterocycles. The van der Waals surface area contributed by atoms with Gasteiger partial charge in [0.15, 0.2) is 0 Å². The average molecular weight is 1030 g/mol. The monoisotopic (exact) mass is 1030 g/mol. The van der Waals surface area contributed by atoms with Crippen molar-refractivity contribution >= 4 is 72.8 Å². The smallest absolute Gasteiger partial charge is 0.550 e. The molecule has 0 saturated carbocycles. The summed E-state index contributed by atoms with van der Waals surface area (Å²) in [6.45, 7) is 8.01. The molecule has 0 aliphatic carbocycles. The Balaban J connectivity index is 0.00000124. The molecule has 0 amide bonds. The van der Waals surface area contributed by atoms with E-state index in [1.54, 1.807) is 0 Å². The zero-order valence-corrected chi connectivity index (χ0v) is 45.5. The van der Waals surface area contributed by atoms with Crippen LogP contribution in [0.1, 0.15) is 219 Å². The van der Waals surface area contributed by atoms with Gasteiger partial charge in [0.05, 0.1) is 37.6 Å². The number of rotatable bonds is 40. The third-order valence-corrected chi connectivity index (χ3v) is 11.5. The Labute approximate surface area is 434 Å². The average Bonchev–Trinajstić information content (AvgIpc) is 3.25. The van der Waals surface area contributed by atoms with Crippen LogP contribution in [0.4, 0.5) is 0 Å². The maximum atomic E-state index is 10.9. The zero-order chi connectivity index (χ0) is 46.9. The van der Waals surface area contributed by atoms with Crippen molar-refractivity contribution in [2.24, 2.45) is 0 Å². The van der Waals surface area contributed by atoms with Crippen molar-refractivity contribution < 1.29 is 48.3 Å². The third-order valence-electron chi connectivity index (χ3n) is 11.5. The van der Waals surface area contributed by atoms with E-state index in [1.807, 2.05) is 50.2 Å². The van der Waals surface area contributed by atoms with Gasteiger partial charge in [0, 0.05) is 25.8 Å². The van der Waals surface area contributed by atoms with Gasteiger partial charge in [0.1, 0.15) is 0 Å². The second-order valence-corrected chi connectivity index (χ2v) is 17.7. The Bertz CT molecular complexity index is 1320. The summed E-state index contributed by atoms with van der Waals surface area (Å²) in [6, 6.07) is 20.2. The molecule has 2 aromatic carbocycles. The molecule has 10 nitrogen and oxygen atoms in total. The predicted molar refractivity (Wildman–Crippen MR) is 258 cm³/mol. The number of hydrogen-bond acceptors (Lipinski definition) is 10. The quantitative estimate of drug-likeness (QED) is 0.0358. The van der Waals surface area contributed by atoms with E-state index in [2.05, 4.69) is 24.3 Å². The largest absolute Gasteiger partial charge is 2.00 e. The standard InChI is InChI=1S/2C27H44O5.Ba/c2*1-23(32-24(2)28)16-11-8-6-4-3-5-7-9-14-19-26(20-15-21-27(29)30)31-22-25-17-12-10-13-18-25;/h2*10,12-13,17-18,23,26H,3-9,11,14-16,19-22H2,1-2H3,(H,29,30);/q;;+2/p-2. The predicted octanol–water partition coefficient (Wildman–Crippen LogP) is 11.1. The maximum Gasteiger partial charge on any atom is 2.00 e. The molecule has 0 aliphatic rings. The van der Waals surface area contributed by atoms with Crippen LogP contribution in [0, 0.1) is 0 Å². The van der Waals surface area contributed by atoms with E-state index in [-0.39, 0.29) is 98.1 Å². The number of aliphatic carboxylic acids is 2. The number of benzene rings is 2. The minimum absolute atomic E-state index is 0. The summed E-state index contributed by atoms with van der Waals surface area (Å²) in [4.78, 5) is 43.2. The second-order valence-electron chi connectivity index (χ2n) is 17.7. The van der Waals surface area contributed by atoms with E-state index in [4.69, 9.17) is 18.9 Å². The molecule has 2 rings (SSSR count). The molecule has 0 heterocycles. The first-order valence-electron chi connectivity index (χ1n) is 25.0. The molecule has 4 atom stereocenters. The van der Waals surface area contributed by atoms with Crippen molar-refractivity contribution in [3.63, 3.8) is 0 Å². The van der Waals surface area contributed by atoms with Crippen LogP contribution in [0.25, 0.3) is 0 Å². The van der Waals surface area contributed by atoms with Gasteiger partial charge in [-0.05, 0) is 102 Å². The van der Waals surface area contributed by atoms with Gasteiger partial charge in [0.2, 0.25) is 0 Å². The number of ether oxygens (including phenoxy) is 4. The summed E-state index contributed by atoms with van der Waals surface area (Å²) in [5.41, 5.74) is 2.30. The third kappa shape index (κ3) is 42.9. The van der Waals surface area contributed by atoms with Gasteiger partial charge in [-0.3, -0.25) is 9.59 Å². The van der Waals surface area contributed by atoms with E-state index in [9.17, 15) is 29.4 Å². The fourth-order valence-electron chi connectivity index (χ4n) is 7.91. The van der Waals surface area contributed by atoms with Crippen molar-refractivity contribution in [3.8, 4) is 0 Å². The Morgan fingerprint density at radius 1 is 0.415 bits per heavy atom. The summed E-state index contributed by atoms with van der Waals surface area (Å²) in [5.74, 6) is -2.34. The van der Waals surface area contributed by atoms with Crippen LogP contribution in [-0.2, 0) is 51.3 Å². The second kappa shape index (κ2) is 44.3. The molecule has 0 fully saturated rings. The van der Waals surface area contributed by atoms with E-state index in [1.165, 1.54) is 104 Å². The van der Waals surface area contributed by atoms with Crippen LogP contribution >= 0.6 is 0 Å². The first kappa shape index (κ1) is 62.8. The molecule has 0 aliphatic heterocycles. The number of esters is 2. The first-order chi connectivity index (χ1) is 30.9. The normalized spacial score (nSPS) is 12.7. The van der Waals surface area contributed by atoms with Gasteiger partial charge in [-0.2, -0.15) is 0 Å². The van der Waals surface area contributed by atoms with Crippen molar-refractivity contribution in [1.82, 2.24) is 0 Å². The van der Waals surface area contributed by atoms with Gasteiger partial charge in [-0.15, -0.1) is 0 Å². The molecule has 0 bridgehead atoms. The van der Waals surface area contributed by atoms with Crippen LogP contribution in [0.3, 0.4) is 0 Å². The molecular formula is C54H86BaO10. The minimum Gasteiger partial charge on any atom is -0.550 e. The molecule has 0 N–H and O–H groups in total. The van der Waals surface area contributed by atoms with Crippen molar-refractivity contribution in [2.45, 2.75) is 245 Å². The number of hydrogen-bond donors (Lipinski definition) is 0. The van der Waals surface area contributed by atoms with E-state index < -0.39 is 11.9 Å². The van der Waals surface area contributed by atoms with Crippen LogP contribution in [-0.4, -0.2) is 97.2 Å². The summed E-state index contributed by atoms with van der Waals surface area (Å²) >= 11 is 0. The van der Waals surface area contributed by atoms with Gasteiger partial charge >= 0.3 is 60.8 Å². The fraction of sp³-hybridized carbons (Fsp3) is 0.704. The fourth-order valence-corrected chi connectivity index (χ4v) is 7.91. The molecule has 0 saturated heterocycles. The molecule has 4 unspecified atom stereocenters. The Morgan fingerprint density at radius 2 is 0.677 bits per heavy atom. The van der Waals surface area contributed by atoms with E-state index in [0.29, 0.717) is 26.1 Å². The van der Waals surface area contributed by atoms with Crippen LogP contribution < -0.4 is 10.2 Å². The SMILES string of the molecule is CC(=O)OC(C)CCCCCCCCCCCC(CCCC(=O)[O-])OCc1ccccc1.CC(=O)OC(C)CCCCCCCCCCCC(CCCC(=O)[O-])OCc1ccccc1.[Ba+2]. The van der Waals surface area contributed by atoms with Crippen LogP contribution in [0.5, 0.6) is 0 Å². The van der Waals surface area contributed by atoms with E-state index >= 15 is 0 Å². The number of carbonyl (C=O) groups excluding carboxylic acids is 4. The number of carboxylic acid groups (broad SMARTS) is 2. The molecule has 0 radical (unpaired) electrons. The van der Waals surface area contributed by atoms with Crippen molar-refractivity contribution in [1.29, 1.82) is 0 Å². The van der Waals surface area contributed by atoms with Crippen LogP contribution in [0.15, 0.2) is 60.7 Å². The van der Waals surface area contributed by atoms with Crippen LogP contribution in [0.2, 0.25) is 0 Å². The van der Waals surface area contributed by atoms with Gasteiger partial charge in [0.25, 0.3) is 0 Å². The molecule has 0 spiro atoms. The summed E-state index contributed by atoms with van der Waals surface area (Å²) in [6.07, 6.45) is 29.1. The minimum atomic E-state index is -0.981. The molecule has 2 aromatic rings. The number of carboxylic acids is 2. The summed E-state index contributed by atoms with van der Waals surface area (Å²) < 4.78 is 22.5. The van der Waals surface area contributed by atoms with Crippen molar-refractivity contribution in [3.05, 3.63) is 71.8 Å².